The van der Waals surface area contributed by atoms with E-state index in [1.165, 1.54) is 31.4 Å². The molecule has 1 heterocycles. The summed E-state index contributed by atoms with van der Waals surface area (Å²) in [5.41, 5.74) is 1.15. The molecule has 4 aromatic rings. The van der Waals surface area contributed by atoms with Gasteiger partial charge in [-0.25, -0.2) is 4.99 Å². The average Bonchev–Trinajstić information content (AvgIpc) is 2.80. The molecule has 0 saturated carbocycles. The van der Waals surface area contributed by atoms with Crippen molar-refractivity contribution in [3.8, 4) is 5.75 Å². The third kappa shape index (κ3) is 4.30. The van der Waals surface area contributed by atoms with Gasteiger partial charge in [0.1, 0.15) is 22.6 Å². The zero-order valence-corrected chi connectivity index (χ0v) is 17.5. The second kappa shape index (κ2) is 8.91. The van der Waals surface area contributed by atoms with Crippen LogP contribution in [0.25, 0.3) is 11.0 Å². The molecule has 9 heteroatoms. The minimum atomic E-state index is -0.538. The molecular formula is C23H16ClN3O5. The van der Waals surface area contributed by atoms with Crippen LogP contribution in [0.3, 0.4) is 0 Å². The number of halogens is 1. The SMILES string of the molecule is COc1ccccc1N=c1oc2ccc([N+](=O)[O-])cc2cc1C(=O)Nc1ccccc1Cl. The van der Waals surface area contributed by atoms with Gasteiger partial charge in [-0.3, -0.25) is 14.9 Å². The van der Waals surface area contributed by atoms with Crippen molar-refractivity contribution >= 4 is 45.5 Å². The largest absolute Gasteiger partial charge is 0.494 e. The van der Waals surface area contributed by atoms with E-state index in [9.17, 15) is 14.9 Å². The number of methoxy groups -OCH3 is 1. The van der Waals surface area contributed by atoms with Crippen molar-refractivity contribution < 1.29 is 18.9 Å². The predicted molar refractivity (Wildman–Crippen MR) is 120 cm³/mol. The summed E-state index contributed by atoms with van der Waals surface area (Å²) in [6.45, 7) is 0. The minimum Gasteiger partial charge on any atom is -0.494 e. The van der Waals surface area contributed by atoms with Crippen molar-refractivity contribution in [2.75, 3.05) is 12.4 Å². The summed E-state index contributed by atoms with van der Waals surface area (Å²) in [4.78, 5) is 28.3. The summed E-state index contributed by atoms with van der Waals surface area (Å²) in [6.07, 6.45) is 0. The Morgan fingerprint density at radius 1 is 1.09 bits per heavy atom. The van der Waals surface area contributed by atoms with Crippen LogP contribution in [-0.2, 0) is 0 Å². The Morgan fingerprint density at radius 3 is 2.59 bits per heavy atom. The van der Waals surface area contributed by atoms with Crippen LogP contribution in [0.2, 0.25) is 5.02 Å². The van der Waals surface area contributed by atoms with Gasteiger partial charge in [-0.15, -0.1) is 0 Å². The first-order valence-corrected chi connectivity index (χ1v) is 9.80. The lowest BCUT2D eigenvalue weighted by molar-refractivity contribution is -0.384. The predicted octanol–water partition coefficient (Wildman–Crippen LogP) is 5.49. The first kappa shape index (κ1) is 21.1. The van der Waals surface area contributed by atoms with E-state index in [4.69, 9.17) is 20.8 Å². The average molecular weight is 450 g/mol. The number of benzene rings is 3. The Hall–Kier alpha value is -4.17. The van der Waals surface area contributed by atoms with Crippen molar-refractivity contribution in [2.45, 2.75) is 0 Å². The number of hydrogen-bond acceptors (Lipinski definition) is 6. The number of non-ortho nitro benzene ring substituents is 1. The zero-order chi connectivity index (χ0) is 22.7. The quantitative estimate of drug-likeness (QED) is 0.320. The molecule has 0 fully saturated rings. The van der Waals surface area contributed by atoms with Gasteiger partial charge >= 0.3 is 0 Å². The van der Waals surface area contributed by atoms with E-state index < -0.39 is 10.8 Å². The number of para-hydroxylation sites is 3. The monoisotopic (exact) mass is 449 g/mol. The van der Waals surface area contributed by atoms with Gasteiger partial charge in [-0.05, 0) is 36.4 Å². The topological polar surface area (TPSA) is 107 Å². The summed E-state index contributed by atoms with van der Waals surface area (Å²) < 4.78 is 11.2. The van der Waals surface area contributed by atoms with Crippen molar-refractivity contribution in [1.82, 2.24) is 0 Å². The first-order chi connectivity index (χ1) is 15.5. The number of fused-ring (bicyclic) bond motifs is 1. The van der Waals surface area contributed by atoms with Crippen molar-refractivity contribution in [3.63, 3.8) is 0 Å². The maximum Gasteiger partial charge on any atom is 0.270 e. The molecular weight excluding hydrogens is 434 g/mol. The van der Waals surface area contributed by atoms with Crippen molar-refractivity contribution in [1.29, 1.82) is 0 Å². The summed E-state index contributed by atoms with van der Waals surface area (Å²) in [5, 5.41) is 14.6. The molecule has 160 valence electrons. The molecule has 32 heavy (non-hydrogen) atoms. The summed E-state index contributed by atoms with van der Waals surface area (Å²) >= 11 is 6.16. The number of amides is 1. The smallest absolute Gasteiger partial charge is 0.270 e. The van der Waals surface area contributed by atoms with Gasteiger partial charge in [0.15, 0.2) is 0 Å². The first-order valence-electron chi connectivity index (χ1n) is 9.42. The van der Waals surface area contributed by atoms with Gasteiger partial charge in [0, 0.05) is 17.5 Å². The van der Waals surface area contributed by atoms with Crippen LogP contribution in [0.5, 0.6) is 5.75 Å². The number of nitro benzene ring substituents is 1. The van der Waals surface area contributed by atoms with E-state index in [2.05, 4.69) is 10.3 Å². The third-order valence-corrected chi connectivity index (χ3v) is 4.94. The van der Waals surface area contributed by atoms with E-state index in [0.29, 0.717) is 33.1 Å². The van der Waals surface area contributed by atoms with Crippen LogP contribution >= 0.6 is 11.6 Å². The van der Waals surface area contributed by atoms with Gasteiger partial charge < -0.3 is 14.5 Å². The molecule has 1 amide bonds. The maximum atomic E-state index is 13.1. The van der Waals surface area contributed by atoms with E-state index >= 15 is 0 Å². The van der Waals surface area contributed by atoms with Gasteiger partial charge in [-0.1, -0.05) is 35.9 Å². The molecule has 0 atom stereocenters. The van der Waals surface area contributed by atoms with Crippen LogP contribution in [0.4, 0.5) is 17.1 Å². The number of ether oxygens (including phenoxy) is 1. The fourth-order valence-corrected chi connectivity index (χ4v) is 3.24. The lowest BCUT2D eigenvalue weighted by atomic mass is 10.1. The Morgan fingerprint density at radius 2 is 1.84 bits per heavy atom. The second-order valence-electron chi connectivity index (χ2n) is 6.66. The van der Waals surface area contributed by atoms with Gasteiger partial charge in [-0.2, -0.15) is 0 Å². The van der Waals surface area contributed by atoms with Crippen LogP contribution in [0.15, 0.2) is 82.2 Å². The summed E-state index contributed by atoms with van der Waals surface area (Å²) in [7, 11) is 1.51. The number of carbonyl (C=O) groups is 1. The van der Waals surface area contributed by atoms with Gasteiger partial charge in [0.2, 0.25) is 5.55 Å². The maximum absolute atomic E-state index is 13.1. The lowest BCUT2D eigenvalue weighted by Gasteiger charge is -2.09. The van der Waals surface area contributed by atoms with E-state index in [1.807, 2.05) is 0 Å². The molecule has 1 N–H and O–H groups in total. The third-order valence-electron chi connectivity index (χ3n) is 4.61. The fraction of sp³-hybridized carbons (Fsp3) is 0.0435. The van der Waals surface area contributed by atoms with E-state index in [1.54, 1.807) is 48.5 Å². The number of rotatable bonds is 5. The van der Waals surface area contributed by atoms with Gasteiger partial charge in [0.05, 0.1) is 22.7 Å². The number of nitrogens with one attached hydrogen (secondary N) is 1. The number of anilines is 1. The number of hydrogen-bond donors (Lipinski definition) is 1. The van der Waals surface area contributed by atoms with Crippen LogP contribution < -0.4 is 15.6 Å². The van der Waals surface area contributed by atoms with E-state index in [0.717, 1.165) is 0 Å². The zero-order valence-electron chi connectivity index (χ0n) is 16.7. The molecule has 0 unspecified atom stereocenters. The molecule has 1 aromatic heterocycles. The molecule has 8 nitrogen and oxygen atoms in total. The van der Waals surface area contributed by atoms with Crippen molar-refractivity contribution in [2.24, 2.45) is 4.99 Å². The molecule has 0 spiro atoms. The second-order valence-corrected chi connectivity index (χ2v) is 7.07. The highest BCUT2D eigenvalue weighted by Gasteiger charge is 2.16. The van der Waals surface area contributed by atoms with Crippen LogP contribution in [-0.4, -0.2) is 17.9 Å². The normalized spacial score (nSPS) is 11.4. The number of carbonyl (C=O) groups excluding carboxylic acids is 1. The Balaban J connectivity index is 1.91. The number of nitrogens with zero attached hydrogens (tertiary/aromatic N) is 2. The van der Waals surface area contributed by atoms with E-state index in [-0.39, 0.29) is 16.8 Å². The Labute approximate surface area is 186 Å². The molecule has 3 aromatic carbocycles. The van der Waals surface area contributed by atoms with Crippen molar-refractivity contribution in [3.05, 3.63) is 99.1 Å². The standard InChI is InChI=1S/C23H16ClN3O5/c1-31-21-9-5-4-8-19(21)26-23-16(22(28)25-18-7-3-2-6-17(18)24)13-14-12-15(27(29)30)10-11-20(14)32-23/h2-13H,1H3,(H,25,28). The highest BCUT2D eigenvalue weighted by molar-refractivity contribution is 6.33. The van der Waals surface area contributed by atoms with Crippen LogP contribution in [0, 0.1) is 10.1 Å². The molecule has 4 rings (SSSR count). The van der Waals surface area contributed by atoms with Crippen LogP contribution in [0.1, 0.15) is 10.4 Å². The summed E-state index contributed by atoms with van der Waals surface area (Å²) in [6, 6.07) is 19.4. The Bertz CT molecular complexity index is 1410. The minimum absolute atomic E-state index is 0.0143. The molecule has 0 aliphatic heterocycles. The fourth-order valence-electron chi connectivity index (χ4n) is 3.06. The lowest BCUT2D eigenvalue weighted by Crippen LogP contribution is -2.21. The summed E-state index contributed by atoms with van der Waals surface area (Å²) in [5.74, 6) is -0.0483. The highest BCUT2D eigenvalue weighted by Crippen LogP contribution is 2.27. The number of nitro groups is 1. The molecule has 0 radical (unpaired) electrons. The molecule has 0 aliphatic rings. The molecule has 0 bridgehead atoms. The molecule has 0 aliphatic carbocycles. The highest BCUT2D eigenvalue weighted by atomic mass is 35.5. The Kier molecular flexibility index (Phi) is 5.87. The molecule has 0 saturated heterocycles. The van der Waals surface area contributed by atoms with Gasteiger partial charge in [0.25, 0.3) is 11.6 Å².